The van der Waals surface area contributed by atoms with Crippen LogP contribution in [0.15, 0.2) is 29.3 Å². The highest BCUT2D eigenvalue weighted by Crippen LogP contribution is 2.08. The van der Waals surface area contributed by atoms with Gasteiger partial charge in [0.2, 0.25) is 0 Å². The normalized spacial score (nSPS) is 12.9. The second kappa shape index (κ2) is 9.18. The smallest absolute Gasteiger partial charge is 0.253 e. The monoisotopic (exact) mass is 318 g/mol. The standard InChI is InChI=1S/C18H30N4O/c1-7-19-18(21-14(4)13(2)3)20-12-15-8-10-16(11-9-15)17(23)22(5)6/h8-11,13-14H,7,12H2,1-6H3,(H2,19,20,21). The summed E-state index contributed by atoms with van der Waals surface area (Å²) in [5, 5.41) is 6.67. The third kappa shape index (κ3) is 6.30. The van der Waals surface area contributed by atoms with Gasteiger partial charge in [0.15, 0.2) is 5.96 Å². The Hall–Kier alpha value is -2.04. The van der Waals surface area contributed by atoms with E-state index in [9.17, 15) is 4.79 Å². The molecule has 0 saturated carbocycles. The molecule has 1 atom stereocenters. The van der Waals surface area contributed by atoms with Gasteiger partial charge in [-0.2, -0.15) is 0 Å². The van der Waals surface area contributed by atoms with Crippen LogP contribution >= 0.6 is 0 Å². The van der Waals surface area contributed by atoms with Crippen LogP contribution in [0.4, 0.5) is 0 Å². The van der Waals surface area contributed by atoms with E-state index < -0.39 is 0 Å². The van der Waals surface area contributed by atoms with E-state index in [0.29, 0.717) is 24.1 Å². The number of nitrogens with one attached hydrogen (secondary N) is 2. The first kappa shape index (κ1) is 19.0. The van der Waals surface area contributed by atoms with Crippen molar-refractivity contribution in [1.29, 1.82) is 0 Å². The summed E-state index contributed by atoms with van der Waals surface area (Å²) >= 11 is 0. The summed E-state index contributed by atoms with van der Waals surface area (Å²) in [6.07, 6.45) is 0. The topological polar surface area (TPSA) is 56.7 Å². The first-order valence-corrected chi connectivity index (χ1v) is 8.20. The van der Waals surface area contributed by atoms with Crippen LogP contribution < -0.4 is 10.6 Å². The summed E-state index contributed by atoms with van der Waals surface area (Å²) in [6.45, 7) is 9.98. The second-order valence-corrected chi connectivity index (χ2v) is 6.27. The highest BCUT2D eigenvalue weighted by Gasteiger charge is 2.09. The predicted octanol–water partition coefficient (Wildman–Crippen LogP) is 2.49. The Kier molecular flexibility index (Phi) is 7.59. The average molecular weight is 318 g/mol. The molecular weight excluding hydrogens is 288 g/mol. The Morgan fingerprint density at radius 1 is 1.17 bits per heavy atom. The third-order valence-electron chi connectivity index (χ3n) is 3.74. The van der Waals surface area contributed by atoms with E-state index in [1.165, 1.54) is 0 Å². The summed E-state index contributed by atoms with van der Waals surface area (Å²) in [5.74, 6) is 1.37. The van der Waals surface area contributed by atoms with E-state index in [4.69, 9.17) is 0 Å². The molecule has 0 fully saturated rings. The van der Waals surface area contributed by atoms with Crippen molar-refractivity contribution >= 4 is 11.9 Å². The van der Waals surface area contributed by atoms with Crippen molar-refractivity contribution in [3.05, 3.63) is 35.4 Å². The fourth-order valence-corrected chi connectivity index (χ4v) is 1.88. The quantitative estimate of drug-likeness (QED) is 0.626. The van der Waals surface area contributed by atoms with Gasteiger partial charge in [-0.15, -0.1) is 0 Å². The lowest BCUT2D eigenvalue weighted by Crippen LogP contribution is -2.44. The lowest BCUT2D eigenvalue weighted by Gasteiger charge is -2.20. The lowest BCUT2D eigenvalue weighted by atomic mass is 10.1. The van der Waals surface area contributed by atoms with Crippen LogP contribution in [-0.2, 0) is 6.54 Å². The summed E-state index contributed by atoms with van der Waals surface area (Å²) in [6, 6.07) is 7.97. The molecule has 0 saturated heterocycles. The van der Waals surface area contributed by atoms with Gasteiger partial charge in [-0.25, -0.2) is 4.99 Å². The van der Waals surface area contributed by atoms with Crippen LogP contribution in [0.1, 0.15) is 43.6 Å². The Labute approximate surface area is 140 Å². The molecule has 23 heavy (non-hydrogen) atoms. The number of hydrogen-bond donors (Lipinski definition) is 2. The molecule has 1 rings (SSSR count). The van der Waals surface area contributed by atoms with Crippen molar-refractivity contribution in [2.24, 2.45) is 10.9 Å². The lowest BCUT2D eigenvalue weighted by molar-refractivity contribution is 0.0827. The number of aliphatic imine (C=N–C) groups is 1. The van der Waals surface area contributed by atoms with Crippen molar-refractivity contribution in [3.63, 3.8) is 0 Å². The van der Waals surface area contributed by atoms with Crippen molar-refractivity contribution in [2.75, 3.05) is 20.6 Å². The molecule has 128 valence electrons. The largest absolute Gasteiger partial charge is 0.357 e. The van der Waals surface area contributed by atoms with Gasteiger partial charge in [0.1, 0.15) is 0 Å². The molecule has 0 heterocycles. The average Bonchev–Trinajstić information content (AvgIpc) is 2.52. The number of guanidine groups is 1. The molecule has 1 aromatic rings. The number of amides is 1. The molecule has 5 nitrogen and oxygen atoms in total. The maximum absolute atomic E-state index is 11.9. The Balaban J connectivity index is 2.73. The van der Waals surface area contributed by atoms with E-state index in [-0.39, 0.29) is 5.91 Å². The molecule has 0 aliphatic heterocycles. The van der Waals surface area contributed by atoms with Crippen LogP contribution in [0, 0.1) is 5.92 Å². The van der Waals surface area contributed by atoms with Crippen molar-refractivity contribution in [1.82, 2.24) is 15.5 Å². The fraction of sp³-hybridized carbons (Fsp3) is 0.556. The van der Waals surface area contributed by atoms with E-state index in [0.717, 1.165) is 18.1 Å². The van der Waals surface area contributed by atoms with Crippen LogP contribution in [0.5, 0.6) is 0 Å². The summed E-state index contributed by atoms with van der Waals surface area (Å²) in [5.41, 5.74) is 1.77. The summed E-state index contributed by atoms with van der Waals surface area (Å²) in [7, 11) is 3.51. The van der Waals surface area contributed by atoms with Gasteiger partial charge < -0.3 is 15.5 Å². The highest BCUT2D eigenvalue weighted by molar-refractivity contribution is 5.93. The Morgan fingerprint density at radius 3 is 2.26 bits per heavy atom. The Bertz CT molecular complexity index is 520. The molecule has 5 heteroatoms. The molecule has 2 N–H and O–H groups in total. The maximum atomic E-state index is 11.9. The summed E-state index contributed by atoms with van der Waals surface area (Å²) < 4.78 is 0. The third-order valence-corrected chi connectivity index (χ3v) is 3.74. The van der Waals surface area contributed by atoms with Gasteiger partial charge in [0, 0.05) is 32.2 Å². The van der Waals surface area contributed by atoms with Gasteiger partial charge in [-0.1, -0.05) is 26.0 Å². The van der Waals surface area contributed by atoms with Gasteiger partial charge >= 0.3 is 0 Å². The molecule has 0 bridgehead atoms. The van der Waals surface area contributed by atoms with Crippen molar-refractivity contribution in [2.45, 2.75) is 40.3 Å². The summed E-state index contributed by atoms with van der Waals surface area (Å²) in [4.78, 5) is 18.1. The predicted molar refractivity (Wildman–Crippen MR) is 96.7 cm³/mol. The molecule has 0 aliphatic carbocycles. The number of carbonyl (C=O) groups excluding carboxylic acids is 1. The van der Waals surface area contributed by atoms with Gasteiger partial charge in [0.05, 0.1) is 6.54 Å². The zero-order chi connectivity index (χ0) is 17.4. The van der Waals surface area contributed by atoms with Crippen LogP contribution in [0.25, 0.3) is 0 Å². The van der Waals surface area contributed by atoms with Gasteiger partial charge in [0.25, 0.3) is 5.91 Å². The van der Waals surface area contributed by atoms with Crippen LogP contribution in [-0.4, -0.2) is 43.4 Å². The SMILES string of the molecule is CCNC(=NCc1ccc(C(=O)N(C)C)cc1)NC(C)C(C)C. The van der Waals surface area contributed by atoms with Crippen LogP contribution in [0.3, 0.4) is 0 Å². The number of carbonyl (C=O) groups is 1. The van der Waals surface area contributed by atoms with Crippen LogP contribution in [0.2, 0.25) is 0 Å². The molecule has 0 radical (unpaired) electrons. The molecule has 0 spiro atoms. The zero-order valence-electron chi connectivity index (χ0n) is 15.2. The number of nitrogens with zero attached hydrogens (tertiary/aromatic N) is 2. The van der Waals surface area contributed by atoms with Gasteiger partial charge in [-0.3, -0.25) is 4.79 Å². The number of rotatable bonds is 6. The van der Waals surface area contributed by atoms with Crippen molar-refractivity contribution in [3.8, 4) is 0 Å². The number of hydrogen-bond acceptors (Lipinski definition) is 2. The highest BCUT2D eigenvalue weighted by atomic mass is 16.2. The minimum Gasteiger partial charge on any atom is -0.357 e. The molecule has 0 aromatic heterocycles. The first-order chi connectivity index (χ1) is 10.8. The van der Waals surface area contributed by atoms with E-state index >= 15 is 0 Å². The minimum atomic E-state index is 0.0146. The van der Waals surface area contributed by atoms with E-state index in [1.54, 1.807) is 19.0 Å². The van der Waals surface area contributed by atoms with E-state index in [2.05, 4.69) is 43.3 Å². The molecule has 0 aliphatic rings. The molecular formula is C18H30N4O. The number of benzene rings is 1. The fourth-order valence-electron chi connectivity index (χ4n) is 1.88. The van der Waals surface area contributed by atoms with E-state index in [1.807, 2.05) is 24.3 Å². The van der Waals surface area contributed by atoms with Gasteiger partial charge in [-0.05, 0) is 37.5 Å². The Morgan fingerprint density at radius 2 is 1.78 bits per heavy atom. The zero-order valence-corrected chi connectivity index (χ0v) is 15.2. The van der Waals surface area contributed by atoms with Crippen molar-refractivity contribution < 1.29 is 4.79 Å². The minimum absolute atomic E-state index is 0.0146. The first-order valence-electron chi connectivity index (χ1n) is 8.20. The molecule has 1 aromatic carbocycles. The molecule has 1 unspecified atom stereocenters. The maximum Gasteiger partial charge on any atom is 0.253 e. The molecule has 1 amide bonds. The second-order valence-electron chi connectivity index (χ2n) is 6.27.